The maximum absolute atomic E-state index is 12.2. The minimum Gasteiger partial charge on any atom is -0.496 e. The Balaban J connectivity index is 1.40. The third kappa shape index (κ3) is 5.37. The molecule has 2 aliphatic rings. The fourth-order valence-corrected chi connectivity index (χ4v) is 4.12. The molecule has 1 aromatic rings. The standard InChI is InChI=1S/C21H33N3O2/c1-16-8-9-17(14-20(16)26-2)15-24-12-10-19(11-13-24)23-21(25)22-18-6-4-3-5-7-18/h8-9,14,18-19H,3-7,10-13,15H2,1-2H3,(H2,22,23,25). The highest BCUT2D eigenvalue weighted by Gasteiger charge is 2.22. The topological polar surface area (TPSA) is 53.6 Å². The molecule has 3 rings (SSSR count). The van der Waals surface area contributed by atoms with Gasteiger partial charge < -0.3 is 15.4 Å². The summed E-state index contributed by atoms with van der Waals surface area (Å²) in [6.07, 6.45) is 8.09. The van der Waals surface area contributed by atoms with Gasteiger partial charge in [0.1, 0.15) is 5.75 Å². The Kier molecular flexibility index (Phi) is 6.78. The van der Waals surface area contributed by atoms with Crippen molar-refractivity contribution in [1.82, 2.24) is 15.5 Å². The molecule has 0 spiro atoms. The number of hydrogen-bond donors (Lipinski definition) is 2. The van der Waals surface area contributed by atoms with Crippen LogP contribution in [0.3, 0.4) is 0 Å². The van der Waals surface area contributed by atoms with Gasteiger partial charge in [0.25, 0.3) is 0 Å². The Morgan fingerprint density at radius 2 is 1.73 bits per heavy atom. The minimum absolute atomic E-state index is 0.0265. The van der Waals surface area contributed by atoms with Gasteiger partial charge in [-0.2, -0.15) is 0 Å². The van der Waals surface area contributed by atoms with Crippen LogP contribution in [0.5, 0.6) is 5.75 Å². The maximum Gasteiger partial charge on any atom is 0.315 e. The molecule has 5 nitrogen and oxygen atoms in total. The van der Waals surface area contributed by atoms with Crippen LogP contribution in [0.25, 0.3) is 0 Å². The molecule has 0 radical (unpaired) electrons. The van der Waals surface area contributed by atoms with Gasteiger partial charge in [-0.3, -0.25) is 4.90 Å². The van der Waals surface area contributed by atoms with Crippen molar-refractivity contribution >= 4 is 6.03 Å². The van der Waals surface area contributed by atoms with Gasteiger partial charge in [-0.15, -0.1) is 0 Å². The zero-order chi connectivity index (χ0) is 18.4. The van der Waals surface area contributed by atoms with Gasteiger partial charge in [0.2, 0.25) is 0 Å². The molecule has 2 fully saturated rings. The number of rotatable bonds is 5. The molecule has 2 amide bonds. The van der Waals surface area contributed by atoms with Crippen LogP contribution >= 0.6 is 0 Å². The third-order valence-electron chi connectivity index (χ3n) is 5.74. The number of aryl methyl sites for hydroxylation is 1. The van der Waals surface area contributed by atoms with Crippen molar-refractivity contribution < 1.29 is 9.53 Å². The average Bonchev–Trinajstić information content (AvgIpc) is 2.65. The quantitative estimate of drug-likeness (QED) is 0.844. The lowest BCUT2D eigenvalue weighted by atomic mass is 9.96. The van der Waals surface area contributed by atoms with Crippen LogP contribution in [0.2, 0.25) is 0 Å². The van der Waals surface area contributed by atoms with E-state index < -0.39 is 0 Å². The van der Waals surface area contributed by atoms with Gasteiger partial charge in [-0.25, -0.2) is 4.79 Å². The van der Waals surface area contributed by atoms with E-state index in [9.17, 15) is 4.79 Å². The maximum atomic E-state index is 12.2. The minimum atomic E-state index is 0.0265. The van der Waals surface area contributed by atoms with Gasteiger partial charge in [0.15, 0.2) is 0 Å². The van der Waals surface area contributed by atoms with Crippen molar-refractivity contribution in [3.05, 3.63) is 29.3 Å². The number of likely N-dealkylation sites (tertiary alicyclic amines) is 1. The van der Waals surface area contributed by atoms with E-state index in [0.29, 0.717) is 12.1 Å². The van der Waals surface area contributed by atoms with Crippen LogP contribution in [-0.2, 0) is 6.54 Å². The van der Waals surface area contributed by atoms with Crippen LogP contribution in [0.15, 0.2) is 18.2 Å². The number of piperidine rings is 1. The predicted molar refractivity (Wildman–Crippen MR) is 105 cm³/mol. The monoisotopic (exact) mass is 359 g/mol. The van der Waals surface area contributed by atoms with Crippen molar-refractivity contribution in [2.75, 3.05) is 20.2 Å². The van der Waals surface area contributed by atoms with Crippen LogP contribution in [0, 0.1) is 6.92 Å². The summed E-state index contributed by atoms with van der Waals surface area (Å²) in [4.78, 5) is 14.7. The lowest BCUT2D eigenvalue weighted by molar-refractivity contribution is 0.184. The van der Waals surface area contributed by atoms with E-state index >= 15 is 0 Å². The molecule has 1 aliphatic carbocycles. The first kappa shape index (κ1) is 19.0. The van der Waals surface area contributed by atoms with E-state index in [2.05, 4.69) is 40.7 Å². The molecule has 0 unspecified atom stereocenters. The van der Waals surface area contributed by atoms with E-state index in [4.69, 9.17) is 4.74 Å². The first-order chi connectivity index (χ1) is 12.6. The zero-order valence-electron chi connectivity index (χ0n) is 16.2. The van der Waals surface area contributed by atoms with Crippen molar-refractivity contribution in [2.24, 2.45) is 0 Å². The Bertz CT molecular complexity index is 591. The summed E-state index contributed by atoms with van der Waals surface area (Å²) in [6.45, 7) is 5.05. The lowest BCUT2D eigenvalue weighted by Gasteiger charge is -2.33. The molecular formula is C21H33N3O2. The summed E-state index contributed by atoms with van der Waals surface area (Å²) in [5.41, 5.74) is 2.46. The van der Waals surface area contributed by atoms with Crippen molar-refractivity contribution in [3.8, 4) is 5.75 Å². The molecule has 26 heavy (non-hydrogen) atoms. The summed E-state index contributed by atoms with van der Waals surface area (Å²) in [5, 5.41) is 6.34. The molecule has 0 aromatic heterocycles. The summed E-state index contributed by atoms with van der Waals surface area (Å²) >= 11 is 0. The van der Waals surface area contributed by atoms with Crippen molar-refractivity contribution in [2.45, 2.75) is 70.5 Å². The predicted octanol–water partition coefficient (Wildman–Crippen LogP) is 3.60. The number of carbonyl (C=O) groups is 1. The van der Waals surface area contributed by atoms with E-state index in [-0.39, 0.29) is 6.03 Å². The van der Waals surface area contributed by atoms with Gasteiger partial charge in [-0.1, -0.05) is 31.4 Å². The Labute approximate surface area is 157 Å². The smallest absolute Gasteiger partial charge is 0.315 e. The van der Waals surface area contributed by atoms with Crippen LogP contribution in [0.4, 0.5) is 4.79 Å². The largest absolute Gasteiger partial charge is 0.496 e. The number of nitrogens with zero attached hydrogens (tertiary/aromatic N) is 1. The second-order valence-electron chi connectivity index (χ2n) is 7.81. The highest BCUT2D eigenvalue weighted by atomic mass is 16.5. The summed E-state index contributed by atoms with van der Waals surface area (Å²) in [6, 6.07) is 7.14. The molecule has 0 bridgehead atoms. The third-order valence-corrected chi connectivity index (χ3v) is 5.74. The molecule has 5 heteroatoms. The van der Waals surface area contributed by atoms with Gasteiger partial charge in [0, 0.05) is 31.7 Å². The highest BCUT2D eigenvalue weighted by Crippen LogP contribution is 2.21. The first-order valence-electron chi connectivity index (χ1n) is 10.1. The number of nitrogens with one attached hydrogen (secondary N) is 2. The number of benzene rings is 1. The van der Waals surface area contributed by atoms with E-state index in [1.165, 1.54) is 30.4 Å². The fourth-order valence-electron chi connectivity index (χ4n) is 4.12. The highest BCUT2D eigenvalue weighted by molar-refractivity contribution is 5.74. The second kappa shape index (κ2) is 9.26. The average molecular weight is 360 g/mol. The van der Waals surface area contributed by atoms with Crippen molar-refractivity contribution in [1.29, 1.82) is 0 Å². The molecule has 0 atom stereocenters. The molecule has 1 heterocycles. The van der Waals surface area contributed by atoms with Gasteiger partial charge in [0.05, 0.1) is 7.11 Å². The van der Waals surface area contributed by atoms with E-state index in [1.807, 2.05) is 0 Å². The number of ether oxygens (including phenoxy) is 1. The van der Waals surface area contributed by atoms with E-state index in [0.717, 1.165) is 51.1 Å². The van der Waals surface area contributed by atoms with Crippen LogP contribution < -0.4 is 15.4 Å². The fraction of sp³-hybridized carbons (Fsp3) is 0.667. The summed E-state index contributed by atoms with van der Waals surface area (Å²) < 4.78 is 5.42. The molecule has 1 aromatic carbocycles. The number of methoxy groups -OCH3 is 1. The lowest BCUT2D eigenvalue weighted by Crippen LogP contribution is -2.50. The molecule has 1 aliphatic heterocycles. The van der Waals surface area contributed by atoms with E-state index in [1.54, 1.807) is 7.11 Å². The normalized spacial score (nSPS) is 19.9. The number of hydrogen-bond acceptors (Lipinski definition) is 3. The number of amides is 2. The number of carbonyl (C=O) groups excluding carboxylic acids is 1. The van der Waals surface area contributed by atoms with Crippen molar-refractivity contribution in [3.63, 3.8) is 0 Å². The molecule has 1 saturated heterocycles. The van der Waals surface area contributed by atoms with Crippen LogP contribution in [0.1, 0.15) is 56.1 Å². The second-order valence-corrected chi connectivity index (χ2v) is 7.81. The molecule has 1 saturated carbocycles. The Morgan fingerprint density at radius 1 is 1.08 bits per heavy atom. The van der Waals surface area contributed by atoms with Gasteiger partial charge >= 0.3 is 6.03 Å². The summed E-state index contributed by atoms with van der Waals surface area (Å²) in [7, 11) is 1.72. The SMILES string of the molecule is COc1cc(CN2CCC(NC(=O)NC3CCCCC3)CC2)ccc1C. The number of urea groups is 1. The first-order valence-corrected chi connectivity index (χ1v) is 10.1. The van der Waals surface area contributed by atoms with Gasteiger partial charge in [-0.05, 0) is 49.8 Å². The Hall–Kier alpha value is -1.75. The zero-order valence-corrected chi connectivity index (χ0v) is 16.2. The Morgan fingerprint density at radius 3 is 2.38 bits per heavy atom. The van der Waals surface area contributed by atoms with Crippen LogP contribution in [-0.4, -0.2) is 43.2 Å². The molecular weight excluding hydrogens is 326 g/mol. The molecule has 144 valence electrons. The molecule has 2 N–H and O–H groups in total. The summed E-state index contributed by atoms with van der Waals surface area (Å²) in [5.74, 6) is 0.957.